The number of thiazole rings is 1. The minimum absolute atomic E-state index is 0.0486. The molecule has 2 N–H and O–H groups in total. The Bertz CT molecular complexity index is 1540. The van der Waals surface area contributed by atoms with Crippen LogP contribution in [0.4, 0.5) is 10.8 Å². The lowest BCUT2D eigenvalue weighted by atomic mass is 10.2. The molecule has 0 spiro atoms. The minimum atomic E-state index is -3.77. The van der Waals surface area contributed by atoms with Gasteiger partial charge in [-0.05, 0) is 60.2 Å². The summed E-state index contributed by atoms with van der Waals surface area (Å²) in [6.07, 6.45) is 4.47. The molecule has 1 aromatic heterocycles. The molecule has 8 nitrogen and oxygen atoms in total. The molecule has 1 amide bonds. The number of amides is 1. The first-order chi connectivity index (χ1) is 18.2. The maximum Gasteiger partial charge on any atom is 0.263 e. The molecular weight excluding hydrogens is 569 g/mol. The second-order valence-electron chi connectivity index (χ2n) is 7.69. The maximum atomic E-state index is 12.4. The monoisotopic (exact) mass is 589 g/mol. The number of sulfonamides is 1. The van der Waals surface area contributed by atoms with Crippen molar-refractivity contribution >= 4 is 67.4 Å². The van der Waals surface area contributed by atoms with Gasteiger partial charge in [-0.2, -0.15) is 0 Å². The average molecular weight is 591 g/mol. The van der Waals surface area contributed by atoms with Crippen molar-refractivity contribution in [2.75, 3.05) is 17.1 Å². The van der Waals surface area contributed by atoms with E-state index in [4.69, 9.17) is 32.7 Å². The van der Waals surface area contributed by atoms with Gasteiger partial charge in [0.05, 0.1) is 12.0 Å². The zero-order chi connectivity index (χ0) is 27.1. The zero-order valence-electron chi connectivity index (χ0n) is 19.9. The second kappa shape index (κ2) is 12.3. The highest BCUT2D eigenvalue weighted by Crippen LogP contribution is 2.31. The Morgan fingerprint density at radius 1 is 1.05 bits per heavy atom. The normalized spacial score (nSPS) is 11.3. The minimum Gasteiger partial charge on any atom is -0.493 e. The fourth-order valence-electron chi connectivity index (χ4n) is 3.25. The molecule has 0 radical (unpaired) electrons. The van der Waals surface area contributed by atoms with Crippen molar-refractivity contribution in [2.45, 2.75) is 11.5 Å². The van der Waals surface area contributed by atoms with E-state index in [2.05, 4.69) is 15.0 Å². The average Bonchev–Trinajstić information content (AvgIpc) is 3.40. The molecule has 12 heteroatoms. The highest BCUT2D eigenvalue weighted by Gasteiger charge is 2.15. The highest BCUT2D eigenvalue weighted by atomic mass is 35.5. The van der Waals surface area contributed by atoms with Crippen LogP contribution in [0.3, 0.4) is 0 Å². The molecule has 0 atom stereocenters. The number of halogens is 2. The standard InChI is InChI=1S/C26H21Cl2N3O5S2/c1-35-24-15-17(5-11-23(24)36-16-20-21(27)3-2-4-22(20)28)6-12-25(32)30-18-7-9-19(10-8-18)38(33,34)31-26-29-13-14-37-26/h2-15H,16H2,1H3,(H,29,31)(H,30,32)/b12-6+. The van der Waals surface area contributed by atoms with Gasteiger partial charge in [0.1, 0.15) is 6.61 Å². The van der Waals surface area contributed by atoms with Gasteiger partial charge in [0.25, 0.3) is 10.0 Å². The largest absolute Gasteiger partial charge is 0.493 e. The number of hydrogen-bond donors (Lipinski definition) is 2. The molecule has 0 saturated carbocycles. The van der Waals surface area contributed by atoms with Crippen LogP contribution >= 0.6 is 34.5 Å². The highest BCUT2D eigenvalue weighted by molar-refractivity contribution is 7.93. The molecule has 0 aliphatic heterocycles. The maximum absolute atomic E-state index is 12.4. The molecule has 38 heavy (non-hydrogen) atoms. The van der Waals surface area contributed by atoms with Crippen molar-refractivity contribution in [2.24, 2.45) is 0 Å². The van der Waals surface area contributed by atoms with Crippen molar-refractivity contribution in [1.29, 1.82) is 0 Å². The predicted molar refractivity (Wildman–Crippen MR) is 151 cm³/mol. The zero-order valence-corrected chi connectivity index (χ0v) is 23.0. The summed E-state index contributed by atoms with van der Waals surface area (Å²) in [5, 5.41) is 5.64. The van der Waals surface area contributed by atoms with Crippen LogP contribution in [0.25, 0.3) is 6.08 Å². The van der Waals surface area contributed by atoms with E-state index in [1.165, 1.54) is 55.0 Å². The summed E-state index contributed by atoms with van der Waals surface area (Å²) in [7, 11) is -2.26. The van der Waals surface area contributed by atoms with Crippen LogP contribution in [-0.4, -0.2) is 26.4 Å². The summed E-state index contributed by atoms with van der Waals surface area (Å²) in [5.74, 6) is 0.567. The molecule has 0 bridgehead atoms. The Balaban J connectivity index is 1.37. The number of methoxy groups -OCH3 is 1. The fraction of sp³-hybridized carbons (Fsp3) is 0.0769. The number of carbonyl (C=O) groups excluding carboxylic acids is 1. The third kappa shape index (κ3) is 7.05. The number of rotatable bonds is 10. The molecule has 1 heterocycles. The second-order valence-corrected chi connectivity index (χ2v) is 11.1. The molecule has 0 aliphatic carbocycles. The Labute approximate surface area is 233 Å². The molecule has 3 aromatic carbocycles. The summed E-state index contributed by atoms with van der Waals surface area (Å²) in [6, 6.07) is 16.2. The van der Waals surface area contributed by atoms with Gasteiger partial charge in [-0.3, -0.25) is 9.52 Å². The number of anilines is 2. The van der Waals surface area contributed by atoms with Gasteiger partial charge in [0, 0.05) is 38.9 Å². The summed E-state index contributed by atoms with van der Waals surface area (Å²) in [5.41, 5.74) is 1.81. The smallest absolute Gasteiger partial charge is 0.263 e. The Kier molecular flexibility index (Phi) is 8.90. The summed E-state index contributed by atoms with van der Waals surface area (Å²) in [4.78, 5) is 16.4. The molecule has 4 rings (SSSR count). The molecule has 0 fully saturated rings. The van der Waals surface area contributed by atoms with Crippen molar-refractivity contribution in [1.82, 2.24) is 4.98 Å². The van der Waals surface area contributed by atoms with Gasteiger partial charge in [-0.25, -0.2) is 13.4 Å². The van der Waals surface area contributed by atoms with Crippen LogP contribution in [0.1, 0.15) is 11.1 Å². The van der Waals surface area contributed by atoms with Gasteiger partial charge in [0.2, 0.25) is 5.91 Å². The Morgan fingerprint density at radius 3 is 2.45 bits per heavy atom. The first kappa shape index (κ1) is 27.5. The fourth-order valence-corrected chi connectivity index (χ4v) is 5.54. The van der Waals surface area contributed by atoms with Crippen LogP contribution in [0.2, 0.25) is 10.0 Å². The third-order valence-electron chi connectivity index (χ3n) is 5.13. The van der Waals surface area contributed by atoms with Gasteiger partial charge in [0.15, 0.2) is 16.6 Å². The summed E-state index contributed by atoms with van der Waals surface area (Å²) >= 11 is 13.6. The first-order valence-electron chi connectivity index (χ1n) is 11.0. The molecule has 0 unspecified atom stereocenters. The van der Waals surface area contributed by atoms with E-state index < -0.39 is 15.9 Å². The number of nitrogens with one attached hydrogen (secondary N) is 2. The van der Waals surface area contributed by atoms with Gasteiger partial charge >= 0.3 is 0 Å². The lowest BCUT2D eigenvalue weighted by Crippen LogP contribution is -2.13. The van der Waals surface area contributed by atoms with Gasteiger partial charge < -0.3 is 14.8 Å². The lowest BCUT2D eigenvalue weighted by molar-refractivity contribution is -0.111. The predicted octanol–water partition coefficient (Wildman–Crippen LogP) is 6.49. The van der Waals surface area contributed by atoms with Crippen molar-refractivity contribution in [3.8, 4) is 11.5 Å². The summed E-state index contributed by atoms with van der Waals surface area (Å²) in [6.45, 7) is 0.160. The Morgan fingerprint density at radius 2 is 1.79 bits per heavy atom. The van der Waals surface area contributed by atoms with Crippen LogP contribution in [-0.2, 0) is 21.4 Å². The van der Waals surface area contributed by atoms with E-state index in [1.807, 2.05) is 0 Å². The SMILES string of the molecule is COc1cc(/C=C/C(=O)Nc2ccc(S(=O)(=O)Nc3nccs3)cc2)ccc1OCc1c(Cl)cccc1Cl. The van der Waals surface area contributed by atoms with E-state index >= 15 is 0 Å². The van der Waals surface area contributed by atoms with Gasteiger partial charge in [-0.1, -0.05) is 35.3 Å². The van der Waals surface area contributed by atoms with Crippen LogP contribution in [0.15, 0.2) is 83.2 Å². The number of nitrogens with zero attached hydrogens (tertiary/aromatic N) is 1. The third-order valence-corrected chi connectivity index (χ3v) is 8.02. The van der Waals surface area contributed by atoms with E-state index in [0.717, 1.165) is 0 Å². The van der Waals surface area contributed by atoms with Crippen molar-refractivity contribution in [3.05, 3.63) is 99.5 Å². The van der Waals surface area contributed by atoms with E-state index in [1.54, 1.807) is 47.9 Å². The van der Waals surface area contributed by atoms with Crippen LogP contribution in [0, 0.1) is 0 Å². The first-order valence-corrected chi connectivity index (χ1v) is 14.1. The van der Waals surface area contributed by atoms with E-state index in [9.17, 15) is 13.2 Å². The number of hydrogen-bond acceptors (Lipinski definition) is 7. The van der Waals surface area contributed by atoms with E-state index in [-0.39, 0.29) is 16.6 Å². The lowest BCUT2D eigenvalue weighted by Gasteiger charge is -2.13. The number of carbonyl (C=O) groups is 1. The van der Waals surface area contributed by atoms with Crippen molar-refractivity contribution in [3.63, 3.8) is 0 Å². The number of aromatic nitrogens is 1. The van der Waals surface area contributed by atoms with E-state index in [0.29, 0.717) is 38.4 Å². The molecule has 196 valence electrons. The van der Waals surface area contributed by atoms with Crippen LogP contribution in [0.5, 0.6) is 11.5 Å². The molecule has 0 saturated heterocycles. The summed E-state index contributed by atoms with van der Waals surface area (Å²) < 4.78 is 38.5. The number of ether oxygens (including phenoxy) is 2. The number of benzene rings is 3. The van der Waals surface area contributed by atoms with Gasteiger partial charge in [-0.15, -0.1) is 11.3 Å². The molecular formula is C26H21Cl2N3O5S2. The molecule has 0 aliphatic rings. The quantitative estimate of drug-likeness (QED) is 0.205. The van der Waals surface area contributed by atoms with Crippen molar-refractivity contribution < 1.29 is 22.7 Å². The molecule has 4 aromatic rings. The topological polar surface area (TPSA) is 107 Å². The Hall–Kier alpha value is -3.57. The van der Waals surface area contributed by atoms with Crippen LogP contribution < -0.4 is 19.5 Å².